The lowest BCUT2D eigenvalue weighted by atomic mass is 10.5. The largest absolute Gasteiger partial charge is 0.465 e. The zero-order chi connectivity index (χ0) is 8.97. The molecule has 0 saturated heterocycles. The molecule has 1 heterocycles. The summed E-state index contributed by atoms with van der Waals surface area (Å²) in [6.07, 6.45) is 0. The highest BCUT2D eigenvalue weighted by atomic mass is 16.5. The number of ether oxygens (including phenoxy) is 1. The molecule has 6 heteroatoms. The lowest BCUT2D eigenvalue weighted by Gasteiger charge is -1.98. The molecular formula is C6H9N3O3. The molecule has 0 aliphatic heterocycles. The van der Waals surface area contributed by atoms with E-state index in [1.165, 1.54) is 0 Å². The van der Waals surface area contributed by atoms with Gasteiger partial charge in [0.2, 0.25) is 0 Å². The minimum atomic E-state index is -0.421. The number of hydrogen-bond acceptors (Lipinski definition) is 5. The van der Waals surface area contributed by atoms with E-state index in [1.807, 2.05) is 5.43 Å². The number of hydrazine groups is 1. The third-order valence-electron chi connectivity index (χ3n) is 1.12. The molecule has 1 aromatic rings. The van der Waals surface area contributed by atoms with Gasteiger partial charge >= 0.3 is 0 Å². The van der Waals surface area contributed by atoms with Gasteiger partial charge in [0.25, 0.3) is 11.8 Å². The van der Waals surface area contributed by atoms with Crippen molar-refractivity contribution in [3.8, 4) is 5.88 Å². The first-order valence-electron chi connectivity index (χ1n) is 3.28. The molecule has 66 valence electrons. The molecule has 1 amide bonds. The fraction of sp³-hybridized carbons (Fsp3) is 0.333. The number of nitrogens with two attached hydrogens (primary N) is 1. The Bertz CT molecular complexity index is 271. The van der Waals surface area contributed by atoms with Gasteiger partial charge in [0.1, 0.15) is 5.76 Å². The molecule has 1 aromatic heterocycles. The molecule has 0 fully saturated rings. The van der Waals surface area contributed by atoms with Crippen LogP contribution in [0.5, 0.6) is 5.88 Å². The molecule has 0 saturated carbocycles. The monoisotopic (exact) mass is 171 g/mol. The topological polar surface area (TPSA) is 90.4 Å². The molecule has 0 unspecified atom stereocenters. The molecule has 0 aromatic carbocycles. The molecule has 3 N–H and O–H groups in total. The zero-order valence-electron chi connectivity index (χ0n) is 6.53. The minimum absolute atomic E-state index is 0.164. The molecule has 0 aliphatic rings. The van der Waals surface area contributed by atoms with Crippen molar-refractivity contribution in [2.75, 3.05) is 6.61 Å². The summed E-state index contributed by atoms with van der Waals surface area (Å²) in [6.45, 7) is 1.56. The smallest absolute Gasteiger partial charge is 0.271 e. The van der Waals surface area contributed by atoms with Crippen molar-refractivity contribution in [1.29, 1.82) is 0 Å². The van der Waals surface area contributed by atoms with Crippen LogP contribution in [0.2, 0.25) is 0 Å². The molecule has 0 spiro atoms. The van der Waals surface area contributed by atoms with Crippen molar-refractivity contribution in [3.05, 3.63) is 11.8 Å². The number of aromatic nitrogens is 1. The van der Waals surface area contributed by atoms with Crippen molar-refractivity contribution in [1.82, 2.24) is 10.6 Å². The number of carbonyl (C=O) groups excluding carboxylic acids is 1. The van der Waals surface area contributed by atoms with Crippen molar-refractivity contribution < 1.29 is 14.1 Å². The van der Waals surface area contributed by atoms with E-state index < -0.39 is 5.91 Å². The molecule has 6 nitrogen and oxygen atoms in total. The van der Waals surface area contributed by atoms with Crippen LogP contribution >= 0.6 is 0 Å². The maximum absolute atomic E-state index is 10.6. The van der Waals surface area contributed by atoms with E-state index in [4.69, 9.17) is 15.1 Å². The molecular weight excluding hydrogens is 162 g/mol. The lowest BCUT2D eigenvalue weighted by molar-refractivity contribution is -0.123. The maximum Gasteiger partial charge on any atom is 0.271 e. The van der Waals surface area contributed by atoms with Gasteiger partial charge in [-0.15, -0.1) is 0 Å². The van der Waals surface area contributed by atoms with Crippen molar-refractivity contribution in [2.45, 2.75) is 6.92 Å². The maximum atomic E-state index is 10.6. The fourth-order valence-electron chi connectivity index (χ4n) is 0.593. The van der Waals surface area contributed by atoms with Gasteiger partial charge in [-0.3, -0.25) is 10.2 Å². The summed E-state index contributed by atoms with van der Waals surface area (Å²) < 4.78 is 9.58. The number of amides is 1. The Kier molecular flexibility index (Phi) is 2.65. The summed E-state index contributed by atoms with van der Waals surface area (Å²) in [5.41, 5.74) is 1.92. The third-order valence-corrected chi connectivity index (χ3v) is 1.12. The summed E-state index contributed by atoms with van der Waals surface area (Å²) >= 11 is 0. The molecule has 0 bridgehead atoms. The summed E-state index contributed by atoms with van der Waals surface area (Å²) in [5.74, 6) is 5.29. The number of carbonyl (C=O) groups is 1. The van der Waals surface area contributed by atoms with Gasteiger partial charge in [0, 0.05) is 6.07 Å². The van der Waals surface area contributed by atoms with Gasteiger partial charge < -0.3 is 9.26 Å². The first kappa shape index (κ1) is 8.54. The summed E-state index contributed by atoms with van der Waals surface area (Å²) in [5, 5.41) is 3.50. The summed E-state index contributed by atoms with van der Waals surface area (Å²) in [4.78, 5) is 10.6. The fourth-order valence-corrected chi connectivity index (χ4v) is 0.593. The Balaban J connectivity index is 2.38. The van der Waals surface area contributed by atoms with Crippen LogP contribution in [0.15, 0.2) is 10.6 Å². The van der Waals surface area contributed by atoms with Crippen molar-refractivity contribution >= 4 is 5.91 Å². The lowest BCUT2D eigenvalue weighted by Crippen LogP contribution is -2.34. The second-order valence-electron chi connectivity index (χ2n) is 2.13. The van der Waals surface area contributed by atoms with Crippen LogP contribution in [0.1, 0.15) is 5.76 Å². The van der Waals surface area contributed by atoms with Crippen molar-refractivity contribution in [2.24, 2.45) is 5.84 Å². The van der Waals surface area contributed by atoms with Crippen LogP contribution < -0.4 is 16.0 Å². The molecule has 1 rings (SSSR count). The Morgan fingerprint density at radius 1 is 1.92 bits per heavy atom. The van der Waals surface area contributed by atoms with Gasteiger partial charge in [-0.05, 0) is 12.1 Å². The first-order chi connectivity index (χ1) is 5.72. The van der Waals surface area contributed by atoms with Crippen LogP contribution in [0, 0.1) is 6.92 Å². The van der Waals surface area contributed by atoms with E-state index >= 15 is 0 Å². The van der Waals surface area contributed by atoms with E-state index in [0.29, 0.717) is 5.76 Å². The predicted octanol–water partition coefficient (Wildman–Crippen LogP) is -0.648. The van der Waals surface area contributed by atoms with Crippen LogP contribution in [-0.4, -0.2) is 17.7 Å². The zero-order valence-corrected chi connectivity index (χ0v) is 6.53. The van der Waals surface area contributed by atoms with Gasteiger partial charge in [0.05, 0.1) is 0 Å². The van der Waals surface area contributed by atoms with E-state index in [9.17, 15) is 4.79 Å². The Hall–Kier alpha value is -1.56. The standard InChI is InChI=1S/C6H9N3O3/c1-4-2-6(9-12-4)11-3-5(10)8-7/h2H,3,7H2,1H3,(H,8,10). The van der Waals surface area contributed by atoms with Crippen LogP contribution in [0.25, 0.3) is 0 Å². The highest BCUT2D eigenvalue weighted by Gasteiger charge is 2.03. The van der Waals surface area contributed by atoms with E-state index in [0.717, 1.165) is 0 Å². The van der Waals surface area contributed by atoms with Crippen molar-refractivity contribution in [3.63, 3.8) is 0 Å². The van der Waals surface area contributed by atoms with Crippen LogP contribution in [0.3, 0.4) is 0 Å². The minimum Gasteiger partial charge on any atom is -0.465 e. The average molecular weight is 171 g/mol. The number of aryl methyl sites for hydroxylation is 1. The molecule has 0 aliphatic carbocycles. The van der Waals surface area contributed by atoms with E-state index in [1.54, 1.807) is 13.0 Å². The first-order valence-corrected chi connectivity index (χ1v) is 3.28. The summed E-state index contributed by atoms with van der Waals surface area (Å²) in [7, 11) is 0. The molecule has 0 atom stereocenters. The molecule has 12 heavy (non-hydrogen) atoms. The SMILES string of the molecule is Cc1cc(OCC(=O)NN)no1. The number of rotatable bonds is 3. The Morgan fingerprint density at radius 3 is 3.17 bits per heavy atom. The van der Waals surface area contributed by atoms with Gasteiger partial charge in [0.15, 0.2) is 6.61 Å². The van der Waals surface area contributed by atoms with Crippen LogP contribution in [0.4, 0.5) is 0 Å². The number of hydrogen-bond donors (Lipinski definition) is 2. The normalized spacial score (nSPS) is 9.50. The van der Waals surface area contributed by atoms with E-state index in [-0.39, 0.29) is 12.5 Å². The van der Waals surface area contributed by atoms with Crippen LogP contribution in [-0.2, 0) is 4.79 Å². The Labute approximate surface area is 68.6 Å². The van der Waals surface area contributed by atoms with Gasteiger partial charge in [-0.2, -0.15) is 0 Å². The van der Waals surface area contributed by atoms with E-state index in [2.05, 4.69) is 5.16 Å². The Morgan fingerprint density at radius 2 is 2.67 bits per heavy atom. The number of nitrogens with one attached hydrogen (secondary N) is 1. The third kappa shape index (κ3) is 2.24. The average Bonchev–Trinajstić information content (AvgIpc) is 2.47. The second kappa shape index (κ2) is 3.72. The quantitative estimate of drug-likeness (QED) is 0.358. The van der Waals surface area contributed by atoms with Gasteiger partial charge in [-0.1, -0.05) is 0 Å². The highest BCUT2D eigenvalue weighted by molar-refractivity contribution is 5.76. The highest BCUT2D eigenvalue weighted by Crippen LogP contribution is 2.08. The predicted molar refractivity (Wildman–Crippen MR) is 39.1 cm³/mol. The summed E-state index contributed by atoms with van der Waals surface area (Å²) in [6, 6.07) is 1.57. The molecule has 0 radical (unpaired) electrons. The number of nitrogens with zero attached hydrogens (tertiary/aromatic N) is 1. The second-order valence-corrected chi connectivity index (χ2v) is 2.13. The van der Waals surface area contributed by atoms with Gasteiger partial charge in [-0.25, -0.2) is 5.84 Å².